The maximum absolute atomic E-state index is 12.8. The number of anilines is 1. The van der Waals surface area contributed by atoms with Gasteiger partial charge >= 0.3 is 18.4 Å². The topological polar surface area (TPSA) is 36.0 Å². The van der Waals surface area contributed by atoms with E-state index in [0.29, 0.717) is 24.4 Å². The Kier molecular flexibility index (Phi) is 9.53. The first-order valence-electron chi connectivity index (χ1n) is 12.6. The fourth-order valence-corrected chi connectivity index (χ4v) is 5.60. The van der Waals surface area contributed by atoms with Crippen LogP contribution in [0.5, 0.6) is 0 Å². The van der Waals surface area contributed by atoms with E-state index in [1.807, 2.05) is 12.1 Å². The Morgan fingerprint density at radius 2 is 1.70 bits per heavy atom. The van der Waals surface area contributed by atoms with Crippen molar-refractivity contribution in [3.63, 3.8) is 0 Å². The van der Waals surface area contributed by atoms with Crippen molar-refractivity contribution in [1.29, 1.82) is 0 Å². The van der Waals surface area contributed by atoms with Crippen LogP contribution in [0.3, 0.4) is 0 Å². The number of hydrogen-bond acceptors (Lipinski definition) is 4. The summed E-state index contributed by atoms with van der Waals surface area (Å²) in [5.41, 5.74) is 2.01. The number of piperidine rings is 1. The molecule has 5 nitrogen and oxygen atoms in total. The molecule has 1 aromatic rings. The molecule has 1 spiro atoms. The fourth-order valence-electron chi connectivity index (χ4n) is 5.29. The van der Waals surface area contributed by atoms with Gasteiger partial charge < -0.3 is 14.5 Å². The summed E-state index contributed by atoms with van der Waals surface area (Å²) in [4.78, 5) is 17.7. The highest BCUT2D eigenvalue weighted by Crippen LogP contribution is 2.42. The molecule has 0 saturated carbocycles. The average Bonchev–Trinajstić information content (AvgIpc) is 3.19. The van der Waals surface area contributed by atoms with Crippen LogP contribution in [0, 0.1) is 5.41 Å². The SMILES string of the molecule is CCCCN(CC)c1c(Cl)cccc1CN1CCC2(CCN(C(=O)OC(C(F)(F)F)C(F)(F)F)CC2)C1. The van der Waals surface area contributed by atoms with Crippen LogP contribution >= 0.6 is 11.6 Å². The number of hydrogen-bond donors (Lipinski definition) is 0. The molecule has 2 saturated heterocycles. The lowest BCUT2D eigenvalue weighted by atomic mass is 9.78. The van der Waals surface area contributed by atoms with E-state index in [9.17, 15) is 31.1 Å². The van der Waals surface area contributed by atoms with Crippen molar-refractivity contribution in [2.24, 2.45) is 5.41 Å². The van der Waals surface area contributed by atoms with Gasteiger partial charge in [0.05, 0.1) is 10.7 Å². The number of unbranched alkanes of at least 4 members (excludes halogenated alkanes) is 1. The Hall–Kier alpha value is -1.88. The third kappa shape index (κ3) is 7.37. The van der Waals surface area contributed by atoms with Crippen LogP contribution in [0.1, 0.15) is 51.5 Å². The molecular formula is C25H34ClF6N3O2. The number of benzene rings is 1. The molecule has 0 unspecified atom stereocenters. The quantitative estimate of drug-likeness (QED) is 0.326. The lowest BCUT2D eigenvalue weighted by Crippen LogP contribution is -2.50. The highest BCUT2D eigenvalue weighted by Gasteiger charge is 2.60. The van der Waals surface area contributed by atoms with E-state index in [-0.39, 0.29) is 18.5 Å². The smallest absolute Gasteiger partial charge is 0.426 e. The molecule has 1 amide bonds. The first kappa shape index (κ1) is 29.7. The van der Waals surface area contributed by atoms with Gasteiger partial charge in [0.25, 0.3) is 6.10 Å². The van der Waals surface area contributed by atoms with Gasteiger partial charge in [-0.1, -0.05) is 37.1 Å². The third-order valence-electron chi connectivity index (χ3n) is 7.36. The van der Waals surface area contributed by atoms with Gasteiger partial charge in [-0.25, -0.2) is 4.79 Å². The van der Waals surface area contributed by atoms with Crippen LogP contribution < -0.4 is 4.90 Å². The number of carbonyl (C=O) groups is 1. The number of para-hydroxylation sites is 1. The van der Waals surface area contributed by atoms with Crippen molar-refractivity contribution in [1.82, 2.24) is 9.80 Å². The zero-order chi connectivity index (χ0) is 27.4. The Morgan fingerprint density at radius 1 is 1.08 bits per heavy atom. The molecule has 12 heteroatoms. The van der Waals surface area contributed by atoms with E-state index >= 15 is 0 Å². The van der Waals surface area contributed by atoms with E-state index in [2.05, 4.69) is 34.5 Å². The molecule has 2 fully saturated rings. The van der Waals surface area contributed by atoms with Crippen molar-refractivity contribution < 1.29 is 35.9 Å². The lowest BCUT2D eigenvalue weighted by Gasteiger charge is -2.39. The summed E-state index contributed by atoms with van der Waals surface area (Å²) in [6, 6.07) is 5.88. The molecule has 0 radical (unpaired) electrons. The number of alkyl halides is 6. The first-order valence-corrected chi connectivity index (χ1v) is 13.0. The van der Waals surface area contributed by atoms with Crippen LogP contribution in [0.15, 0.2) is 18.2 Å². The normalized spacial score (nSPS) is 18.6. The molecule has 0 aromatic heterocycles. The van der Waals surface area contributed by atoms with Crippen molar-refractivity contribution in [2.75, 3.05) is 44.2 Å². The molecular weight excluding hydrogens is 524 g/mol. The van der Waals surface area contributed by atoms with Gasteiger partial charge in [-0.3, -0.25) is 4.90 Å². The van der Waals surface area contributed by atoms with Crippen LogP contribution in [0.4, 0.5) is 36.8 Å². The average molecular weight is 558 g/mol. The molecule has 1 aromatic carbocycles. The van der Waals surface area contributed by atoms with Gasteiger partial charge in [0.1, 0.15) is 0 Å². The summed E-state index contributed by atoms with van der Waals surface area (Å²) in [5.74, 6) is 0. The summed E-state index contributed by atoms with van der Waals surface area (Å²) in [5, 5.41) is 0.701. The standard InChI is InChI=1S/C25H34ClF6N3O2/c1-3-5-12-34(4-2)20-18(7-6-8-19(20)26)16-33-13-9-23(17-33)10-14-35(15-11-23)22(36)37-21(24(27,28)29)25(30,31)32/h6-8,21H,3-5,9-17H2,1-2H3. The van der Waals surface area contributed by atoms with Gasteiger partial charge in [-0.05, 0) is 56.2 Å². The van der Waals surface area contributed by atoms with Crippen LogP contribution in [-0.2, 0) is 11.3 Å². The zero-order valence-corrected chi connectivity index (χ0v) is 21.9. The number of rotatable bonds is 8. The van der Waals surface area contributed by atoms with Gasteiger partial charge in [-0.2, -0.15) is 26.3 Å². The van der Waals surface area contributed by atoms with Crippen LogP contribution in [-0.4, -0.2) is 73.6 Å². The summed E-state index contributed by atoms with van der Waals surface area (Å²) in [6.07, 6.45) is -13.2. The molecule has 2 heterocycles. The molecule has 3 rings (SSSR count). The maximum atomic E-state index is 12.8. The minimum atomic E-state index is -5.72. The fraction of sp³-hybridized carbons (Fsp3) is 0.720. The maximum Gasteiger partial charge on any atom is 0.434 e. The highest BCUT2D eigenvalue weighted by molar-refractivity contribution is 6.33. The molecule has 0 atom stereocenters. The van der Waals surface area contributed by atoms with E-state index < -0.39 is 24.5 Å². The Morgan fingerprint density at radius 3 is 2.27 bits per heavy atom. The Bertz CT molecular complexity index is 905. The van der Waals surface area contributed by atoms with Crippen molar-refractivity contribution in [2.45, 2.75) is 71.0 Å². The Balaban J connectivity index is 1.61. The molecule has 0 N–H and O–H groups in total. The summed E-state index contributed by atoms with van der Waals surface area (Å²) in [6.45, 7) is 8.30. The van der Waals surface area contributed by atoms with Crippen LogP contribution in [0.2, 0.25) is 5.02 Å². The third-order valence-corrected chi connectivity index (χ3v) is 7.66. The number of carbonyl (C=O) groups excluding carboxylic acids is 1. The minimum absolute atomic E-state index is 0.0537. The minimum Gasteiger partial charge on any atom is -0.426 e. The molecule has 2 aliphatic heterocycles. The number of likely N-dealkylation sites (tertiary alicyclic amines) is 2. The Labute approximate surface area is 218 Å². The largest absolute Gasteiger partial charge is 0.434 e. The van der Waals surface area contributed by atoms with Crippen molar-refractivity contribution >= 4 is 23.4 Å². The number of ether oxygens (including phenoxy) is 1. The second-order valence-electron chi connectivity index (χ2n) is 9.98. The molecule has 37 heavy (non-hydrogen) atoms. The van der Waals surface area contributed by atoms with Gasteiger partial charge in [-0.15, -0.1) is 0 Å². The molecule has 0 aliphatic carbocycles. The van der Waals surface area contributed by atoms with Crippen molar-refractivity contribution in [3.8, 4) is 0 Å². The van der Waals surface area contributed by atoms with E-state index in [1.165, 1.54) is 0 Å². The highest BCUT2D eigenvalue weighted by atomic mass is 35.5. The summed E-state index contributed by atoms with van der Waals surface area (Å²) < 4.78 is 80.4. The predicted molar refractivity (Wildman–Crippen MR) is 130 cm³/mol. The first-order chi connectivity index (χ1) is 17.3. The number of amides is 1. The van der Waals surface area contributed by atoms with Gasteiger partial charge in [0.2, 0.25) is 0 Å². The van der Waals surface area contributed by atoms with Gasteiger partial charge in [0, 0.05) is 39.3 Å². The summed E-state index contributed by atoms with van der Waals surface area (Å²) >= 11 is 6.60. The number of nitrogens with zero attached hydrogens (tertiary/aromatic N) is 3. The van der Waals surface area contributed by atoms with E-state index in [0.717, 1.165) is 61.6 Å². The molecule has 2 aliphatic rings. The summed E-state index contributed by atoms with van der Waals surface area (Å²) in [7, 11) is 0. The van der Waals surface area contributed by atoms with E-state index in [4.69, 9.17) is 11.6 Å². The lowest BCUT2D eigenvalue weighted by molar-refractivity contribution is -0.308. The molecule has 210 valence electrons. The monoisotopic (exact) mass is 557 g/mol. The van der Waals surface area contributed by atoms with Crippen molar-refractivity contribution in [3.05, 3.63) is 28.8 Å². The second-order valence-corrected chi connectivity index (χ2v) is 10.4. The predicted octanol–water partition coefficient (Wildman–Crippen LogP) is 6.88. The second kappa shape index (κ2) is 11.9. The van der Waals surface area contributed by atoms with Gasteiger partial charge in [0.15, 0.2) is 0 Å². The zero-order valence-electron chi connectivity index (χ0n) is 21.1. The van der Waals surface area contributed by atoms with Crippen LogP contribution in [0.25, 0.3) is 0 Å². The molecule has 0 bridgehead atoms. The number of halogens is 7. The van der Waals surface area contributed by atoms with E-state index in [1.54, 1.807) is 0 Å².